The molecule has 2 aromatic carbocycles. The van der Waals surface area contributed by atoms with E-state index in [0.29, 0.717) is 6.61 Å². The molecule has 0 radical (unpaired) electrons. The Labute approximate surface area is 176 Å². The monoisotopic (exact) mass is 418 g/mol. The molecular weight excluding hydrogens is 384 g/mol. The lowest BCUT2D eigenvalue weighted by Gasteiger charge is -1.98. The summed E-state index contributed by atoms with van der Waals surface area (Å²) in [5, 5.41) is 8.65. The second-order valence-electron chi connectivity index (χ2n) is 7.06. The van der Waals surface area contributed by atoms with Gasteiger partial charge in [-0.1, -0.05) is 79.4 Å². The van der Waals surface area contributed by atoms with Crippen LogP contribution in [-0.4, -0.2) is 24.7 Å². The summed E-state index contributed by atoms with van der Waals surface area (Å²) in [7, 11) is -4.02. The topological polar surface area (TPSA) is 74.6 Å². The molecule has 0 fully saturated rings. The van der Waals surface area contributed by atoms with Crippen molar-refractivity contribution in [2.75, 3.05) is 6.61 Å². The summed E-state index contributed by atoms with van der Waals surface area (Å²) in [6.07, 6.45) is 14.1. The van der Waals surface area contributed by atoms with E-state index in [-0.39, 0.29) is 4.90 Å². The van der Waals surface area contributed by atoms with E-state index in [1.54, 1.807) is 12.1 Å². The molecule has 0 spiro atoms. The molecule has 0 bridgehead atoms. The lowest BCUT2D eigenvalue weighted by atomic mass is 10.1. The van der Waals surface area contributed by atoms with E-state index in [4.69, 9.17) is 9.66 Å². The number of hydrogen-bond acceptors (Lipinski definition) is 3. The van der Waals surface area contributed by atoms with Crippen molar-refractivity contribution < 1.29 is 18.1 Å². The van der Waals surface area contributed by atoms with Gasteiger partial charge < -0.3 is 5.11 Å². The highest BCUT2D eigenvalue weighted by Crippen LogP contribution is 2.09. The highest BCUT2D eigenvalue weighted by atomic mass is 32.2. The van der Waals surface area contributed by atoms with Crippen molar-refractivity contribution in [2.45, 2.75) is 63.2 Å². The summed E-state index contributed by atoms with van der Waals surface area (Å²) in [6, 6.07) is 16.6. The van der Waals surface area contributed by atoms with Crippen molar-refractivity contribution in [1.29, 1.82) is 0 Å². The van der Waals surface area contributed by atoms with Gasteiger partial charge in [0.15, 0.2) is 0 Å². The number of aliphatic hydroxyl groups excluding tert-OH is 1. The van der Waals surface area contributed by atoms with Crippen LogP contribution in [0.5, 0.6) is 0 Å². The SMILES string of the molecule is Cc1ccc(S(=O)(=O)O)cc1.OCCCCCCCC=CCCc1ccccc1. The molecule has 0 aliphatic heterocycles. The van der Waals surface area contributed by atoms with Gasteiger partial charge in [0.1, 0.15) is 0 Å². The van der Waals surface area contributed by atoms with Gasteiger partial charge in [-0.15, -0.1) is 0 Å². The van der Waals surface area contributed by atoms with Crippen molar-refractivity contribution in [3.8, 4) is 0 Å². The van der Waals surface area contributed by atoms with Crippen LogP contribution < -0.4 is 0 Å². The molecule has 0 unspecified atom stereocenters. The molecule has 0 amide bonds. The minimum Gasteiger partial charge on any atom is -0.396 e. The zero-order valence-corrected chi connectivity index (χ0v) is 18.2. The second-order valence-corrected chi connectivity index (χ2v) is 8.49. The largest absolute Gasteiger partial charge is 0.396 e. The molecule has 5 heteroatoms. The summed E-state index contributed by atoms with van der Waals surface area (Å²) in [5.41, 5.74) is 2.38. The zero-order valence-electron chi connectivity index (χ0n) is 17.3. The van der Waals surface area contributed by atoms with Crippen molar-refractivity contribution in [1.82, 2.24) is 0 Å². The Kier molecular flexibility index (Phi) is 12.9. The molecule has 0 saturated carbocycles. The minimum atomic E-state index is -4.02. The lowest BCUT2D eigenvalue weighted by molar-refractivity contribution is 0.282. The molecule has 0 aromatic heterocycles. The van der Waals surface area contributed by atoms with Crippen molar-refractivity contribution in [3.63, 3.8) is 0 Å². The number of allylic oxidation sites excluding steroid dienone is 2. The fourth-order valence-electron chi connectivity index (χ4n) is 2.74. The van der Waals surface area contributed by atoms with Gasteiger partial charge in [0.2, 0.25) is 0 Å². The fourth-order valence-corrected chi connectivity index (χ4v) is 3.22. The van der Waals surface area contributed by atoms with Crippen molar-refractivity contribution in [3.05, 3.63) is 77.9 Å². The maximum absolute atomic E-state index is 10.5. The first-order valence-corrected chi connectivity index (χ1v) is 11.7. The van der Waals surface area contributed by atoms with Crippen LogP contribution in [0.4, 0.5) is 0 Å². The summed E-state index contributed by atoms with van der Waals surface area (Å²) in [5.74, 6) is 0. The maximum atomic E-state index is 10.5. The number of rotatable bonds is 11. The van der Waals surface area contributed by atoms with Gasteiger partial charge >= 0.3 is 0 Å². The third-order valence-corrected chi connectivity index (χ3v) is 5.32. The smallest absolute Gasteiger partial charge is 0.294 e. The van der Waals surface area contributed by atoms with Gasteiger partial charge in [0.25, 0.3) is 10.1 Å². The number of aliphatic hydroxyl groups is 1. The molecule has 2 rings (SSSR count). The van der Waals surface area contributed by atoms with E-state index in [1.165, 1.54) is 49.8 Å². The number of hydrogen-bond donors (Lipinski definition) is 2. The van der Waals surface area contributed by atoms with E-state index in [9.17, 15) is 8.42 Å². The fraction of sp³-hybridized carbons (Fsp3) is 0.417. The van der Waals surface area contributed by atoms with Crippen LogP contribution in [0.15, 0.2) is 71.6 Å². The van der Waals surface area contributed by atoms with E-state index in [0.717, 1.165) is 24.8 Å². The third kappa shape index (κ3) is 13.0. The van der Waals surface area contributed by atoms with Gasteiger partial charge in [-0.05, 0) is 56.7 Å². The first-order valence-electron chi connectivity index (χ1n) is 10.3. The van der Waals surface area contributed by atoms with Crippen molar-refractivity contribution in [2.24, 2.45) is 0 Å². The van der Waals surface area contributed by atoms with Crippen LogP contribution in [-0.2, 0) is 16.5 Å². The van der Waals surface area contributed by atoms with E-state index in [1.807, 2.05) is 6.92 Å². The Morgan fingerprint density at radius 2 is 1.38 bits per heavy atom. The molecule has 0 aliphatic rings. The second kappa shape index (κ2) is 15.0. The quantitative estimate of drug-likeness (QED) is 0.277. The molecule has 0 aliphatic carbocycles. The molecule has 29 heavy (non-hydrogen) atoms. The zero-order chi connectivity index (χ0) is 21.4. The summed E-state index contributed by atoms with van der Waals surface area (Å²) in [6.45, 7) is 2.19. The first kappa shape index (κ1) is 25.1. The van der Waals surface area contributed by atoms with Gasteiger partial charge in [-0.25, -0.2) is 0 Å². The van der Waals surface area contributed by atoms with Gasteiger partial charge in [-0.3, -0.25) is 4.55 Å². The van der Waals surface area contributed by atoms with Crippen LogP contribution in [0.25, 0.3) is 0 Å². The average molecular weight is 419 g/mol. The van der Waals surface area contributed by atoms with Crippen molar-refractivity contribution >= 4 is 10.1 Å². The Morgan fingerprint density at radius 3 is 2.00 bits per heavy atom. The molecule has 0 atom stereocenters. The molecule has 160 valence electrons. The Hall–Kier alpha value is -1.95. The Bertz CT molecular complexity index is 781. The van der Waals surface area contributed by atoms with E-state index >= 15 is 0 Å². The molecule has 2 aromatic rings. The lowest BCUT2D eigenvalue weighted by Crippen LogP contribution is -1.96. The number of benzene rings is 2. The Balaban J connectivity index is 0.000000326. The highest BCUT2D eigenvalue weighted by molar-refractivity contribution is 7.85. The third-order valence-electron chi connectivity index (χ3n) is 4.46. The highest BCUT2D eigenvalue weighted by Gasteiger charge is 2.06. The predicted octanol–water partition coefficient (Wildman–Crippen LogP) is 5.75. The van der Waals surface area contributed by atoms with Crippen LogP contribution in [0.3, 0.4) is 0 Å². The number of unbranched alkanes of at least 4 members (excludes halogenated alkanes) is 5. The van der Waals surface area contributed by atoms with E-state index < -0.39 is 10.1 Å². The standard InChI is InChI=1S/C17H26O.C7H8O3S/c18-16-12-7-5-3-1-2-4-6-9-13-17-14-10-8-11-15-17;1-6-2-4-7(5-3-6)11(8,9)10/h4,6,8,10-11,14-15,18H,1-3,5,7,9,12-13,16H2;2-5H,1H3,(H,8,9,10). The summed E-state index contributed by atoms with van der Waals surface area (Å²) < 4.78 is 29.6. The molecular formula is C24H34O4S. The van der Waals surface area contributed by atoms with E-state index in [2.05, 4.69) is 42.5 Å². The van der Waals surface area contributed by atoms with Gasteiger partial charge in [0, 0.05) is 6.61 Å². The summed E-state index contributed by atoms with van der Waals surface area (Å²) in [4.78, 5) is -0.0666. The predicted molar refractivity (Wildman–Crippen MR) is 120 cm³/mol. The van der Waals surface area contributed by atoms with Crippen LogP contribution in [0, 0.1) is 6.92 Å². The molecule has 0 heterocycles. The first-order chi connectivity index (χ1) is 13.9. The molecule has 4 nitrogen and oxygen atoms in total. The molecule has 2 N–H and O–H groups in total. The average Bonchev–Trinajstić information content (AvgIpc) is 2.70. The van der Waals surface area contributed by atoms with Crippen LogP contribution >= 0.6 is 0 Å². The maximum Gasteiger partial charge on any atom is 0.294 e. The van der Waals surface area contributed by atoms with Crippen LogP contribution in [0.2, 0.25) is 0 Å². The molecule has 0 saturated heterocycles. The summed E-state index contributed by atoms with van der Waals surface area (Å²) >= 11 is 0. The normalized spacial score (nSPS) is 11.3. The van der Waals surface area contributed by atoms with Gasteiger partial charge in [-0.2, -0.15) is 8.42 Å². The van der Waals surface area contributed by atoms with Gasteiger partial charge in [0.05, 0.1) is 4.90 Å². The number of aryl methyl sites for hydroxylation is 2. The van der Waals surface area contributed by atoms with Crippen LogP contribution in [0.1, 0.15) is 56.1 Å². The Morgan fingerprint density at radius 1 is 0.793 bits per heavy atom. The minimum absolute atomic E-state index is 0.0666.